The van der Waals surface area contributed by atoms with Crippen LogP contribution in [0.15, 0.2) is 34.9 Å². The third-order valence-electron chi connectivity index (χ3n) is 3.98. The minimum atomic E-state index is -0.137. The van der Waals surface area contributed by atoms with Crippen LogP contribution in [-0.2, 0) is 0 Å². The van der Waals surface area contributed by atoms with E-state index in [1.165, 1.54) is 0 Å². The van der Waals surface area contributed by atoms with Gasteiger partial charge in [0.1, 0.15) is 11.8 Å². The molecular weight excluding hydrogens is 254 g/mol. The van der Waals surface area contributed by atoms with Crippen molar-refractivity contribution < 1.29 is 14.3 Å². The number of fused-ring (bicyclic) bond motifs is 1. The van der Waals surface area contributed by atoms with Crippen molar-refractivity contribution in [2.45, 2.75) is 18.9 Å². The Balaban J connectivity index is 1.64. The van der Waals surface area contributed by atoms with Crippen LogP contribution in [0.1, 0.15) is 23.2 Å². The first-order chi connectivity index (χ1) is 9.63. The summed E-state index contributed by atoms with van der Waals surface area (Å²) >= 11 is 0. The number of hydrogen-bond acceptors (Lipinski definition) is 4. The van der Waals surface area contributed by atoms with Crippen LogP contribution in [0.2, 0.25) is 0 Å². The van der Waals surface area contributed by atoms with E-state index in [0.29, 0.717) is 18.0 Å². The van der Waals surface area contributed by atoms with Crippen LogP contribution < -0.4 is 0 Å². The molecule has 4 nitrogen and oxygen atoms in total. The summed E-state index contributed by atoms with van der Waals surface area (Å²) in [5.41, 5.74) is 1.40. The maximum absolute atomic E-state index is 12.3. The van der Waals surface area contributed by atoms with Gasteiger partial charge in [-0.3, -0.25) is 9.69 Å². The Kier molecular flexibility index (Phi) is 3.59. The summed E-state index contributed by atoms with van der Waals surface area (Å²) in [7, 11) is 1.95. The summed E-state index contributed by atoms with van der Waals surface area (Å²) in [4.78, 5) is 14.4. The Morgan fingerprint density at radius 3 is 2.90 bits per heavy atom. The number of rotatable bonds is 5. The van der Waals surface area contributed by atoms with Gasteiger partial charge in [0.2, 0.25) is 0 Å². The van der Waals surface area contributed by atoms with E-state index in [4.69, 9.17) is 4.42 Å². The zero-order valence-corrected chi connectivity index (χ0v) is 11.6. The molecule has 1 heterocycles. The zero-order valence-electron chi connectivity index (χ0n) is 11.6. The van der Waals surface area contributed by atoms with Crippen LogP contribution in [0.4, 0.5) is 0 Å². The number of likely N-dealkylation sites (N-methyl/N-ethyl adjacent to an activating group) is 1. The van der Waals surface area contributed by atoms with Gasteiger partial charge in [0.25, 0.3) is 0 Å². The molecule has 1 N–H and O–H groups in total. The largest absolute Gasteiger partial charge is 0.464 e. The number of para-hydroxylation sites is 1. The molecule has 3 rings (SSSR count). The van der Waals surface area contributed by atoms with E-state index in [0.717, 1.165) is 30.4 Å². The quantitative estimate of drug-likeness (QED) is 0.849. The maximum atomic E-state index is 12.3. The highest BCUT2D eigenvalue weighted by Crippen LogP contribution is 2.28. The van der Waals surface area contributed by atoms with Crippen LogP contribution in [-0.4, -0.2) is 42.0 Å². The highest BCUT2D eigenvalue weighted by Gasteiger charge is 2.28. The summed E-state index contributed by atoms with van der Waals surface area (Å²) < 4.78 is 5.41. The third-order valence-corrected chi connectivity index (χ3v) is 3.98. The average molecular weight is 273 g/mol. The molecule has 0 unspecified atom stereocenters. The molecule has 0 aliphatic heterocycles. The van der Waals surface area contributed by atoms with Crippen molar-refractivity contribution in [3.63, 3.8) is 0 Å². The molecule has 1 fully saturated rings. The molecule has 1 aliphatic rings. The van der Waals surface area contributed by atoms with Crippen molar-refractivity contribution in [1.29, 1.82) is 0 Å². The Bertz CT molecular complexity index is 613. The van der Waals surface area contributed by atoms with Gasteiger partial charge in [-0.2, -0.15) is 0 Å². The van der Waals surface area contributed by atoms with Crippen molar-refractivity contribution in [2.75, 3.05) is 20.1 Å². The fourth-order valence-corrected chi connectivity index (χ4v) is 2.88. The lowest BCUT2D eigenvalue weighted by molar-refractivity contribution is 0.0286. The predicted molar refractivity (Wildman–Crippen MR) is 76.8 cm³/mol. The minimum absolute atomic E-state index is 0.0809. The lowest BCUT2D eigenvalue weighted by atomic mass is 9.82. The second kappa shape index (κ2) is 5.38. The van der Waals surface area contributed by atoms with Gasteiger partial charge in [-0.25, -0.2) is 0 Å². The van der Waals surface area contributed by atoms with Crippen LogP contribution in [0.3, 0.4) is 0 Å². The summed E-state index contributed by atoms with van der Waals surface area (Å²) in [6.07, 6.45) is 3.12. The summed E-state index contributed by atoms with van der Waals surface area (Å²) in [6.45, 7) is 1.24. The molecule has 0 radical (unpaired) electrons. The first-order valence-electron chi connectivity index (χ1n) is 6.99. The number of ketones is 1. The van der Waals surface area contributed by atoms with Crippen LogP contribution in [0.5, 0.6) is 0 Å². The fourth-order valence-electron chi connectivity index (χ4n) is 2.88. The highest BCUT2D eigenvalue weighted by molar-refractivity contribution is 6.08. The monoisotopic (exact) mass is 273 g/mol. The molecule has 1 aliphatic carbocycles. The molecule has 0 saturated heterocycles. The number of Topliss-reactive ketones (excluding diaryl/α,β-unsaturated/α-hetero) is 1. The molecule has 106 valence electrons. The molecule has 4 heteroatoms. The molecule has 1 aromatic heterocycles. The number of carbonyl (C=O) groups excluding carboxylic acids is 1. The molecule has 0 atom stereocenters. The number of carbonyl (C=O) groups is 1. The topological polar surface area (TPSA) is 53.7 Å². The number of benzene rings is 1. The summed E-state index contributed by atoms with van der Waals surface area (Å²) in [5.74, 6) is 0.598. The van der Waals surface area contributed by atoms with E-state index in [9.17, 15) is 9.90 Å². The molecule has 1 aromatic carbocycles. The van der Waals surface area contributed by atoms with Crippen molar-refractivity contribution in [3.8, 4) is 0 Å². The Morgan fingerprint density at radius 2 is 2.15 bits per heavy atom. The lowest BCUT2D eigenvalue weighted by Gasteiger charge is -2.34. The molecule has 0 spiro atoms. The molecule has 0 amide bonds. The van der Waals surface area contributed by atoms with Gasteiger partial charge >= 0.3 is 0 Å². The van der Waals surface area contributed by atoms with Gasteiger partial charge in [0.15, 0.2) is 5.78 Å². The smallest absolute Gasteiger partial charge is 0.180 e. The maximum Gasteiger partial charge on any atom is 0.180 e. The minimum Gasteiger partial charge on any atom is -0.464 e. The van der Waals surface area contributed by atoms with Crippen LogP contribution in [0.25, 0.3) is 11.0 Å². The summed E-state index contributed by atoms with van der Waals surface area (Å²) in [5, 5.41) is 10.2. The molecule has 20 heavy (non-hydrogen) atoms. The van der Waals surface area contributed by atoms with Gasteiger partial charge in [-0.05, 0) is 31.9 Å². The Morgan fingerprint density at radius 1 is 1.40 bits per heavy atom. The van der Waals surface area contributed by atoms with Crippen molar-refractivity contribution >= 4 is 16.8 Å². The lowest BCUT2D eigenvalue weighted by Crippen LogP contribution is -2.38. The molecule has 2 aromatic rings. The van der Waals surface area contributed by atoms with E-state index in [1.807, 2.05) is 36.2 Å². The Labute approximate surface area is 118 Å². The number of nitrogens with zero attached hydrogens (tertiary/aromatic N) is 1. The fraction of sp³-hybridized carbons (Fsp3) is 0.438. The summed E-state index contributed by atoms with van der Waals surface area (Å²) in [6, 6.07) is 7.59. The molecular formula is C16H19NO3. The van der Waals surface area contributed by atoms with Crippen LogP contribution in [0, 0.1) is 5.92 Å². The second-order valence-corrected chi connectivity index (χ2v) is 5.76. The normalized spacial score (nSPS) is 22.1. The molecule has 1 saturated carbocycles. The second-order valence-electron chi connectivity index (χ2n) is 5.76. The van der Waals surface area contributed by atoms with Crippen molar-refractivity contribution in [1.82, 2.24) is 4.90 Å². The average Bonchev–Trinajstić information content (AvgIpc) is 2.80. The van der Waals surface area contributed by atoms with Gasteiger partial charge < -0.3 is 9.52 Å². The van der Waals surface area contributed by atoms with E-state index in [1.54, 1.807) is 6.26 Å². The highest BCUT2D eigenvalue weighted by atomic mass is 16.3. The van der Waals surface area contributed by atoms with Gasteiger partial charge in [0, 0.05) is 11.9 Å². The number of furan rings is 1. The van der Waals surface area contributed by atoms with E-state index in [-0.39, 0.29) is 11.9 Å². The van der Waals surface area contributed by atoms with Gasteiger partial charge in [-0.15, -0.1) is 0 Å². The number of hydrogen-bond donors (Lipinski definition) is 1. The van der Waals surface area contributed by atoms with E-state index >= 15 is 0 Å². The van der Waals surface area contributed by atoms with E-state index in [2.05, 4.69) is 0 Å². The third kappa shape index (κ3) is 2.62. The van der Waals surface area contributed by atoms with Crippen molar-refractivity contribution in [3.05, 3.63) is 36.1 Å². The molecule has 0 bridgehead atoms. The zero-order chi connectivity index (χ0) is 14.1. The van der Waals surface area contributed by atoms with Crippen LogP contribution >= 0.6 is 0 Å². The van der Waals surface area contributed by atoms with Crippen molar-refractivity contribution in [2.24, 2.45) is 5.92 Å². The number of aliphatic hydroxyl groups is 1. The number of aliphatic hydroxyl groups excluding tert-OH is 1. The first kappa shape index (κ1) is 13.3. The Hall–Kier alpha value is -1.65. The standard InChI is InChI=1S/C16H19NO3/c1-17(8-11-6-12(18)7-11)9-15(19)14-10-20-16-5-3-2-4-13(14)16/h2-5,10-12,18H,6-9H2,1H3. The van der Waals surface area contributed by atoms with E-state index < -0.39 is 0 Å². The predicted octanol–water partition coefficient (Wildman–Crippen LogP) is 2.32. The van der Waals surface area contributed by atoms with Gasteiger partial charge in [0.05, 0.1) is 18.2 Å². The first-order valence-corrected chi connectivity index (χ1v) is 6.99. The SMILES string of the molecule is CN(CC(=O)c1coc2ccccc12)CC1CC(O)C1. The van der Waals surface area contributed by atoms with Gasteiger partial charge in [-0.1, -0.05) is 18.2 Å².